The first-order valence-corrected chi connectivity index (χ1v) is 8.55. The van der Waals surface area contributed by atoms with Gasteiger partial charge in [0.15, 0.2) is 6.61 Å². The molecular formula is C20H25N3O3. The van der Waals surface area contributed by atoms with Gasteiger partial charge in [0.05, 0.1) is 0 Å². The number of anilines is 1. The number of carbonyl (C=O) groups excluding carboxylic acids is 2. The van der Waals surface area contributed by atoms with Crippen LogP contribution in [0.1, 0.15) is 18.1 Å². The lowest BCUT2D eigenvalue weighted by Gasteiger charge is -2.18. The van der Waals surface area contributed by atoms with Crippen LogP contribution in [0.5, 0.6) is 5.75 Å². The molecule has 0 aliphatic carbocycles. The Hall–Kier alpha value is -3.02. The largest absolute Gasteiger partial charge is 0.484 e. The Morgan fingerprint density at radius 2 is 1.69 bits per heavy atom. The van der Waals surface area contributed by atoms with Crippen LogP contribution in [0.2, 0.25) is 0 Å². The van der Waals surface area contributed by atoms with Crippen molar-refractivity contribution < 1.29 is 14.3 Å². The van der Waals surface area contributed by atoms with Crippen LogP contribution in [0.15, 0.2) is 48.5 Å². The van der Waals surface area contributed by atoms with Crippen LogP contribution in [0.25, 0.3) is 0 Å². The summed E-state index contributed by atoms with van der Waals surface area (Å²) in [5.74, 6) is 0.407. The normalized spacial score (nSPS) is 10.1. The Morgan fingerprint density at radius 3 is 2.31 bits per heavy atom. The quantitative estimate of drug-likeness (QED) is 0.801. The van der Waals surface area contributed by atoms with Gasteiger partial charge in [-0.1, -0.05) is 29.8 Å². The number of nitrogens with zero attached hydrogens (tertiary/aromatic N) is 1. The third kappa shape index (κ3) is 6.12. The van der Waals surface area contributed by atoms with Crippen LogP contribution in [0.4, 0.5) is 10.5 Å². The number of aryl methyl sites for hydroxylation is 1. The molecule has 3 amide bonds. The van der Waals surface area contributed by atoms with Crippen LogP contribution in [-0.4, -0.2) is 37.0 Å². The first-order valence-electron chi connectivity index (χ1n) is 8.55. The molecule has 0 saturated carbocycles. The number of ether oxygens (including phenoxy) is 1. The predicted octanol–water partition coefficient (Wildman–Crippen LogP) is 3.17. The molecule has 0 spiro atoms. The van der Waals surface area contributed by atoms with E-state index in [1.165, 1.54) is 5.56 Å². The van der Waals surface area contributed by atoms with E-state index in [1.54, 1.807) is 36.2 Å². The number of hydrogen-bond donors (Lipinski definition) is 2. The minimum Gasteiger partial charge on any atom is -0.484 e. The molecule has 138 valence electrons. The first kappa shape index (κ1) is 19.3. The van der Waals surface area contributed by atoms with Gasteiger partial charge in [0, 0.05) is 25.8 Å². The van der Waals surface area contributed by atoms with Crippen molar-refractivity contribution in [1.82, 2.24) is 10.2 Å². The summed E-state index contributed by atoms with van der Waals surface area (Å²) >= 11 is 0. The fourth-order valence-corrected chi connectivity index (χ4v) is 2.29. The maximum absolute atomic E-state index is 12.3. The molecule has 2 aromatic rings. The first-order chi connectivity index (χ1) is 12.5. The molecule has 0 atom stereocenters. The fraction of sp³-hybridized carbons (Fsp3) is 0.300. The molecule has 0 heterocycles. The third-order valence-electron chi connectivity index (χ3n) is 3.74. The third-order valence-corrected chi connectivity index (χ3v) is 3.74. The van der Waals surface area contributed by atoms with Crippen molar-refractivity contribution in [1.29, 1.82) is 0 Å². The van der Waals surface area contributed by atoms with E-state index in [0.717, 1.165) is 5.56 Å². The molecule has 0 radical (unpaired) electrons. The zero-order valence-corrected chi connectivity index (χ0v) is 15.4. The molecule has 0 saturated heterocycles. The summed E-state index contributed by atoms with van der Waals surface area (Å²) in [6, 6.07) is 14.8. The van der Waals surface area contributed by atoms with E-state index in [-0.39, 0.29) is 18.5 Å². The number of carbonyl (C=O) groups is 2. The standard InChI is InChI=1S/C20H25N3O3/c1-4-21-19(24)14-26-18-11-9-17(10-12-18)22-20(25)23(3)13-16-7-5-15(2)6-8-16/h5-12H,4,13-14H2,1-3H3,(H,21,24)(H,22,25). The van der Waals surface area contributed by atoms with Gasteiger partial charge in [-0.05, 0) is 43.7 Å². The monoisotopic (exact) mass is 355 g/mol. The summed E-state index contributed by atoms with van der Waals surface area (Å²) < 4.78 is 5.38. The van der Waals surface area contributed by atoms with E-state index in [0.29, 0.717) is 24.5 Å². The van der Waals surface area contributed by atoms with E-state index in [9.17, 15) is 9.59 Å². The molecule has 6 nitrogen and oxygen atoms in total. The van der Waals surface area contributed by atoms with Gasteiger partial charge in [-0.25, -0.2) is 4.79 Å². The molecule has 0 aliphatic rings. The summed E-state index contributed by atoms with van der Waals surface area (Å²) in [4.78, 5) is 25.3. The van der Waals surface area contributed by atoms with Crippen LogP contribution < -0.4 is 15.4 Å². The molecular weight excluding hydrogens is 330 g/mol. The van der Waals surface area contributed by atoms with Gasteiger partial charge in [-0.3, -0.25) is 4.79 Å². The lowest BCUT2D eigenvalue weighted by molar-refractivity contribution is -0.122. The van der Waals surface area contributed by atoms with Gasteiger partial charge in [0.25, 0.3) is 5.91 Å². The molecule has 2 rings (SSSR count). The summed E-state index contributed by atoms with van der Waals surface area (Å²) in [7, 11) is 1.75. The van der Waals surface area contributed by atoms with E-state index >= 15 is 0 Å². The van der Waals surface area contributed by atoms with Crippen molar-refractivity contribution in [2.45, 2.75) is 20.4 Å². The molecule has 0 aliphatic heterocycles. The minimum atomic E-state index is -0.193. The van der Waals surface area contributed by atoms with Crippen LogP contribution in [0.3, 0.4) is 0 Å². The van der Waals surface area contributed by atoms with Crippen molar-refractivity contribution in [3.8, 4) is 5.75 Å². The Morgan fingerprint density at radius 1 is 1.04 bits per heavy atom. The van der Waals surface area contributed by atoms with Crippen molar-refractivity contribution in [2.24, 2.45) is 0 Å². The van der Waals surface area contributed by atoms with E-state index < -0.39 is 0 Å². The highest BCUT2D eigenvalue weighted by atomic mass is 16.5. The lowest BCUT2D eigenvalue weighted by Crippen LogP contribution is -2.30. The second kappa shape index (κ2) is 9.46. The highest BCUT2D eigenvalue weighted by molar-refractivity contribution is 5.89. The maximum atomic E-state index is 12.3. The highest BCUT2D eigenvalue weighted by Crippen LogP contribution is 2.16. The maximum Gasteiger partial charge on any atom is 0.321 e. The van der Waals surface area contributed by atoms with Gasteiger partial charge in [0.2, 0.25) is 0 Å². The minimum absolute atomic E-state index is 0.0289. The van der Waals surface area contributed by atoms with Gasteiger partial charge in [-0.15, -0.1) is 0 Å². The second-order valence-electron chi connectivity index (χ2n) is 6.04. The van der Waals surface area contributed by atoms with Crippen molar-refractivity contribution in [3.05, 3.63) is 59.7 Å². The van der Waals surface area contributed by atoms with Crippen molar-refractivity contribution in [2.75, 3.05) is 25.5 Å². The Bertz CT molecular complexity index is 727. The van der Waals surface area contributed by atoms with E-state index in [1.807, 2.05) is 38.1 Å². The molecule has 2 aromatic carbocycles. The summed E-state index contributed by atoms with van der Waals surface area (Å²) in [6.45, 7) is 4.96. The fourth-order valence-electron chi connectivity index (χ4n) is 2.29. The number of urea groups is 1. The summed E-state index contributed by atoms with van der Waals surface area (Å²) in [6.07, 6.45) is 0. The summed E-state index contributed by atoms with van der Waals surface area (Å²) in [5, 5.41) is 5.50. The Balaban J connectivity index is 1.84. The number of hydrogen-bond acceptors (Lipinski definition) is 3. The second-order valence-corrected chi connectivity index (χ2v) is 6.04. The van der Waals surface area contributed by atoms with Crippen molar-refractivity contribution in [3.63, 3.8) is 0 Å². The topological polar surface area (TPSA) is 70.7 Å². The number of rotatable bonds is 7. The van der Waals surface area contributed by atoms with E-state index in [4.69, 9.17) is 4.74 Å². The average molecular weight is 355 g/mol. The number of amides is 3. The zero-order valence-electron chi connectivity index (χ0n) is 15.4. The number of likely N-dealkylation sites (N-methyl/N-ethyl adjacent to an activating group) is 1. The summed E-state index contributed by atoms with van der Waals surface area (Å²) in [5.41, 5.74) is 2.92. The van der Waals surface area contributed by atoms with E-state index in [2.05, 4.69) is 10.6 Å². The molecule has 0 bridgehead atoms. The van der Waals surface area contributed by atoms with Crippen LogP contribution in [-0.2, 0) is 11.3 Å². The SMILES string of the molecule is CCNC(=O)COc1ccc(NC(=O)N(C)Cc2ccc(C)cc2)cc1. The average Bonchev–Trinajstić information content (AvgIpc) is 2.63. The Kier molecular flexibility index (Phi) is 7.02. The number of nitrogens with one attached hydrogen (secondary N) is 2. The molecule has 0 fully saturated rings. The van der Waals surface area contributed by atoms with Crippen molar-refractivity contribution >= 4 is 17.6 Å². The molecule has 2 N–H and O–H groups in total. The van der Waals surface area contributed by atoms with Gasteiger partial charge < -0.3 is 20.3 Å². The lowest BCUT2D eigenvalue weighted by atomic mass is 10.1. The van der Waals surface area contributed by atoms with Crippen LogP contribution >= 0.6 is 0 Å². The smallest absolute Gasteiger partial charge is 0.321 e. The van der Waals surface area contributed by atoms with Gasteiger partial charge in [-0.2, -0.15) is 0 Å². The molecule has 0 unspecified atom stereocenters. The van der Waals surface area contributed by atoms with Crippen LogP contribution in [0, 0.1) is 6.92 Å². The zero-order chi connectivity index (χ0) is 18.9. The van der Waals surface area contributed by atoms with Gasteiger partial charge >= 0.3 is 6.03 Å². The molecule has 6 heteroatoms. The molecule has 26 heavy (non-hydrogen) atoms. The predicted molar refractivity (Wildman–Crippen MR) is 102 cm³/mol. The Labute approximate surface area is 154 Å². The molecule has 0 aromatic heterocycles. The highest BCUT2D eigenvalue weighted by Gasteiger charge is 2.09. The van der Waals surface area contributed by atoms with Gasteiger partial charge in [0.1, 0.15) is 5.75 Å². The number of benzene rings is 2.